The summed E-state index contributed by atoms with van der Waals surface area (Å²) in [6, 6.07) is 1.99. The van der Waals surface area contributed by atoms with Gasteiger partial charge in [-0.15, -0.1) is 11.3 Å². The van der Waals surface area contributed by atoms with Crippen molar-refractivity contribution in [3.8, 4) is 0 Å². The number of carbonyl (C=O) groups is 1. The molecule has 3 heterocycles. The largest absolute Gasteiger partial charge is 0.326 e. The van der Waals surface area contributed by atoms with Gasteiger partial charge in [0.25, 0.3) is 5.91 Å². The molecule has 1 saturated heterocycles. The molecule has 1 aliphatic heterocycles. The van der Waals surface area contributed by atoms with Gasteiger partial charge >= 0.3 is 0 Å². The number of likely N-dealkylation sites (N-methyl/N-ethyl adjacent to an activating group) is 1. The van der Waals surface area contributed by atoms with Crippen LogP contribution in [-0.4, -0.2) is 40.0 Å². The van der Waals surface area contributed by atoms with Crippen LogP contribution in [0.5, 0.6) is 0 Å². The maximum Gasteiger partial charge on any atom is 0.251 e. The first kappa shape index (κ1) is 15.5. The number of carbonyl (C=O) groups excluding carboxylic acids is 1. The molecule has 2 fully saturated rings. The van der Waals surface area contributed by atoms with Crippen molar-refractivity contribution < 1.29 is 4.79 Å². The average molecular weight is 343 g/mol. The Morgan fingerprint density at radius 1 is 1.21 bits per heavy atom. The molecule has 0 radical (unpaired) electrons. The van der Waals surface area contributed by atoms with Gasteiger partial charge in [-0.3, -0.25) is 9.69 Å². The second kappa shape index (κ2) is 6.47. The van der Waals surface area contributed by atoms with Gasteiger partial charge in [0, 0.05) is 37.1 Å². The van der Waals surface area contributed by atoms with Gasteiger partial charge in [-0.25, -0.2) is 15.0 Å². The van der Waals surface area contributed by atoms with E-state index in [1.54, 1.807) is 23.5 Å². The Labute approximate surface area is 145 Å². The van der Waals surface area contributed by atoms with E-state index in [4.69, 9.17) is 0 Å². The summed E-state index contributed by atoms with van der Waals surface area (Å²) in [4.78, 5) is 30.2. The van der Waals surface area contributed by atoms with Gasteiger partial charge in [0.05, 0.1) is 0 Å². The lowest BCUT2D eigenvalue weighted by molar-refractivity contribution is -0.119. The summed E-state index contributed by atoms with van der Waals surface area (Å²) >= 11 is 1.48. The monoisotopic (exact) mass is 343 g/mol. The van der Waals surface area contributed by atoms with Crippen LogP contribution in [0.3, 0.4) is 0 Å². The van der Waals surface area contributed by atoms with E-state index in [2.05, 4.69) is 19.9 Å². The zero-order chi connectivity index (χ0) is 16.5. The van der Waals surface area contributed by atoms with E-state index in [9.17, 15) is 4.79 Å². The average Bonchev–Trinajstić information content (AvgIpc) is 3.29. The molecule has 4 rings (SSSR count). The molecule has 0 spiro atoms. The number of anilines is 2. The number of thiazole rings is 1. The zero-order valence-corrected chi connectivity index (χ0v) is 14.5. The number of hydrogen-bond acceptors (Lipinski definition) is 6. The highest BCUT2D eigenvalue weighted by Gasteiger charge is 2.47. The van der Waals surface area contributed by atoms with Crippen LogP contribution >= 0.6 is 11.3 Å². The maximum atomic E-state index is 13.2. The van der Waals surface area contributed by atoms with Crippen LogP contribution in [0, 0.1) is 5.92 Å². The van der Waals surface area contributed by atoms with Gasteiger partial charge in [-0.1, -0.05) is 12.8 Å². The Morgan fingerprint density at radius 2 is 2.00 bits per heavy atom. The van der Waals surface area contributed by atoms with Crippen LogP contribution in [0.4, 0.5) is 11.1 Å². The van der Waals surface area contributed by atoms with Crippen LogP contribution in [0.1, 0.15) is 32.1 Å². The van der Waals surface area contributed by atoms with Crippen LogP contribution in [0.15, 0.2) is 30.0 Å². The highest BCUT2D eigenvalue weighted by atomic mass is 32.1. The number of fused-ring (bicyclic) bond motifs is 1. The zero-order valence-electron chi connectivity index (χ0n) is 13.7. The van der Waals surface area contributed by atoms with Gasteiger partial charge < -0.3 is 4.90 Å². The summed E-state index contributed by atoms with van der Waals surface area (Å²) in [5, 5.41) is 2.63. The number of rotatable bonds is 3. The minimum absolute atomic E-state index is 0.0896. The summed E-state index contributed by atoms with van der Waals surface area (Å²) in [6.07, 6.45) is 10.9. The van der Waals surface area contributed by atoms with Gasteiger partial charge in [0.15, 0.2) is 5.13 Å². The van der Waals surface area contributed by atoms with Crippen molar-refractivity contribution in [2.45, 2.75) is 44.2 Å². The topological polar surface area (TPSA) is 62.2 Å². The van der Waals surface area contributed by atoms with E-state index in [0.717, 1.165) is 18.0 Å². The first-order valence-corrected chi connectivity index (χ1v) is 9.36. The molecule has 0 bridgehead atoms. The molecule has 126 valence electrons. The lowest BCUT2D eigenvalue weighted by Crippen LogP contribution is -2.48. The van der Waals surface area contributed by atoms with Crippen LogP contribution in [0.2, 0.25) is 0 Å². The van der Waals surface area contributed by atoms with E-state index in [-0.39, 0.29) is 11.9 Å². The van der Waals surface area contributed by atoms with E-state index in [1.807, 2.05) is 18.5 Å². The Balaban J connectivity index is 1.65. The number of hydrogen-bond donors (Lipinski definition) is 0. The standard InChI is InChI=1S/C17H21N5OS/c1-21(17-20-9-10-24-17)15(23)14-11-12-5-2-3-6-13(12)22(14)16-18-7-4-8-19-16/h4,7-10,12-14H,2-3,5-6,11H2,1H3/t12-,13-,14+/m1/s1. The maximum absolute atomic E-state index is 13.2. The molecule has 1 amide bonds. The Bertz CT molecular complexity index is 692. The predicted molar refractivity (Wildman–Crippen MR) is 94.2 cm³/mol. The molecule has 3 atom stereocenters. The first-order chi connectivity index (χ1) is 11.8. The molecule has 0 aromatic carbocycles. The highest BCUT2D eigenvalue weighted by Crippen LogP contribution is 2.41. The summed E-state index contributed by atoms with van der Waals surface area (Å²) in [5.41, 5.74) is 0. The molecule has 24 heavy (non-hydrogen) atoms. The second-order valence-electron chi connectivity index (χ2n) is 6.53. The highest BCUT2D eigenvalue weighted by molar-refractivity contribution is 7.13. The lowest BCUT2D eigenvalue weighted by atomic mass is 9.85. The minimum Gasteiger partial charge on any atom is -0.326 e. The molecule has 7 heteroatoms. The van der Waals surface area contributed by atoms with Crippen molar-refractivity contribution in [1.29, 1.82) is 0 Å². The fraction of sp³-hybridized carbons (Fsp3) is 0.529. The van der Waals surface area contributed by atoms with E-state index in [1.165, 1.54) is 30.6 Å². The molecule has 0 unspecified atom stereocenters. The van der Waals surface area contributed by atoms with Gasteiger partial charge in [-0.05, 0) is 31.2 Å². The number of amides is 1. The fourth-order valence-corrected chi connectivity index (χ4v) is 4.71. The third kappa shape index (κ3) is 2.66. The Hall–Kier alpha value is -2.02. The van der Waals surface area contributed by atoms with Gasteiger partial charge in [0.1, 0.15) is 6.04 Å². The van der Waals surface area contributed by atoms with Crippen molar-refractivity contribution in [1.82, 2.24) is 15.0 Å². The van der Waals surface area contributed by atoms with Crippen molar-refractivity contribution in [3.05, 3.63) is 30.0 Å². The molecule has 2 aromatic rings. The van der Waals surface area contributed by atoms with Gasteiger partial charge in [-0.2, -0.15) is 0 Å². The molecule has 2 aliphatic rings. The van der Waals surface area contributed by atoms with Crippen molar-refractivity contribution in [2.75, 3.05) is 16.8 Å². The molecule has 2 aromatic heterocycles. The number of aromatic nitrogens is 3. The predicted octanol–water partition coefficient (Wildman–Crippen LogP) is 2.73. The minimum atomic E-state index is -0.200. The molecule has 1 aliphatic carbocycles. The summed E-state index contributed by atoms with van der Waals surface area (Å²) < 4.78 is 0. The summed E-state index contributed by atoms with van der Waals surface area (Å²) in [5.74, 6) is 1.32. The molecular formula is C17H21N5OS. The molecule has 0 N–H and O–H groups in total. The normalized spacial score (nSPS) is 26.2. The molecule has 1 saturated carbocycles. The third-order valence-electron chi connectivity index (χ3n) is 5.19. The number of nitrogens with zero attached hydrogens (tertiary/aromatic N) is 5. The first-order valence-electron chi connectivity index (χ1n) is 8.48. The quantitative estimate of drug-likeness (QED) is 0.857. The smallest absolute Gasteiger partial charge is 0.251 e. The lowest BCUT2D eigenvalue weighted by Gasteiger charge is -2.34. The Kier molecular flexibility index (Phi) is 4.18. The van der Waals surface area contributed by atoms with Crippen molar-refractivity contribution in [3.63, 3.8) is 0 Å². The van der Waals surface area contributed by atoms with Crippen molar-refractivity contribution in [2.24, 2.45) is 5.92 Å². The van der Waals surface area contributed by atoms with E-state index >= 15 is 0 Å². The van der Waals surface area contributed by atoms with E-state index < -0.39 is 0 Å². The third-order valence-corrected chi connectivity index (χ3v) is 6.04. The van der Waals surface area contributed by atoms with Gasteiger partial charge in [0.2, 0.25) is 5.95 Å². The van der Waals surface area contributed by atoms with Crippen LogP contribution < -0.4 is 9.80 Å². The van der Waals surface area contributed by atoms with E-state index in [0.29, 0.717) is 17.9 Å². The van der Waals surface area contributed by atoms with Crippen molar-refractivity contribution >= 4 is 28.3 Å². The summed E-state index contributed by atoms with van der Waals surface area (Å²) in [6.45, 7) is 0. The van der Waals surface area contributed by atoms with Crippen LogP contribution in [-0.2, 0) is 4.79 Å². The molecular weight excluding hydrogens is 322 g/mol. The molecule has 6 nitrogen and oxygen atoms in total. The van der Waals surface area contributed by atoms with Crippen LogP contribution in [0.25, 0.3) is 0 Å². The Morgan fingerprint density at radius 3 is 2.75 bits per heavy atom. The summed E-state index contributed by atoms with van der Waals surface area (Å²) in [7, 11) is 1.81. The SMILES string of the molecule is CN(C(=O)[C@@H]1C[C@H]2CCCC[C@H]2N1c1ncccn1)c1nccs1. The second-order valence-corrected chi connectivity index (χ2v) is 7.40. The fourth-order valence-electron chi connectivity index (χ4n) is 4.09.